The van der Waals surface area contributed by atoms with Crippen LogP contribution in [0.15, 0.2) is 30.3 Å². The predicted molar refractivity (Wildman–Crippen MR) is 100 cm³/mol. The number of aromatic nitrogens is 2. The molecule has 0 unspecified atom stereocenters. The molecule has 2 aromatic rings. The minimum absolute atomic E-state index is 0.0752. The second-order valence-corrected chi connectivity index (χ2v) is 6.37. The summed E-state index contributed by atoms with van der Waals surface area (Å²) in [6, 6.07) is 8.18. The molecule has 6 nitrogen and oxygen atoms in total. The largest absolute Gasteiger partial charge is 0.370 e. The number of aryl methyl sites for hydroxylation is 1. The van der Waals surface area contributed by atoms with Crippen molar-refractivity contribution in [3.05, 3.63) is 47.7 Å². The topological polar surface area (TPSA) is 61.4 Å². The molecule has 0 atom stereocenters. The van der Waals surface area contributed by atoms with Gasteiger partial charge in [0.2, 0.25) is 0 Å². The third-order valence-electron chi connectivity index (χ3n) is 4.37. The number of benzene rings is 1. The lowest BCUT2D eigenvalue weighted by atomic mass is 10.2. The zero-order valence-corrected chi connectivity index (χ0v) is 15.2. The lowest BCUT2D eigenvalue weighted by molar-refractivity contribution is 0.0740. The molecule has 26 heavy (non-hydrogen) atoms. The van der Waals surface area contributed by atoms with Crippen LogP contribution in [0.2, 0.25) is 0 Å². The van der Waals surface area contributed by atoms with Gasteiger partial charge in [0.25, 0.3) is 5.91 Å². The molecular formula is C19H24FN5O. The van der Waals surface area contributed by atoms with E-state index in [0.29, 0.717) is 43.5 Å². The number of rotatable bonds is 5. The molecule has 0 saturated carbocycles. The summed E-state index contributed by atoms with van der Waals surface area (Å²) < 4.78 is 13.1. The van der Waals surface area contributed by atoms with E-state index in [9.17, 15) is 9.18 Å². The van der Waals surface area contributed by atoms with Gasteiger partial charge in [-0.3, -0.25) is 4.79 Å². The monoisotopic (exact) mass is 357 g/mol. The average Bonchev–Trinajstić information content (AvgIpc) is 2.66. The summed E-state index contributed by atoms with van der Waals surface area (Å²) in [6.07, 6.45) is 0.984. The molecule has 0 aliphatic carbocycles. The highest BCUT2D eigenvalue weighted by atomic mass is 19.1. The van der Waals surface area contributed by atoms with Crippen LogP contribution in [0.3, 0.4) is 0 Å². The fourth-order valence-corrected chi connectivity index (χ4v) is 3.00. The molecule has 7 heteroatoms. The molecule has 0 bridgehead atoms. The third-order valence-corrected chi connectivity index (χ3v) is 4.37. The molecule has 0 radical (unpaired) electrons. The number of nitrogens with zero attached hydrogens (tertiary/aromatic N) is 4. The van der Waals surface area contributed by atoms with E-state index in [-0.39, 0.29) is 11.7 Å². The Hall–Kier alpha value is -2.70. The highest BCUT2D eigenvalue weighted by molar-refractivity contribution is 5.93. The SMILES string of the molecule is CCCNc1cc(C(=O)N2CCN(c3ccc(F)cc3)CC2)nc(C)n1. The molecule has 1 aliphatic heterocycles. The van der Waals surface area contributed by atoms with Gasteiger partial charge in [0, 0.05) is 44.5 Å². The third kappa shape index (κ3) is 4.28. The van der Waals surface area contributed by atoms with E-state index in [4.69, 9.17) is 0 Å². The van der Waals surface area contributed by atoms with Crippen molar-refractivity contribution < 1.29 is 9.18 Å². The van der Waals surface area contributed by atoms with Crippen LogP contribution < -0.4 is 10.2 Å². The van der Waals surface area contributed by atoms with Gasteiger partial charge in [-0.1, -0.05) is 6.92 Å². The maximum Gasteiger partial charge on any atom is 0.272 e. The number of carbonyl (C=O) groups is 1. The van der Waals surface area contributed by atoms with Crippen LogP contribution >= 0.6 is 0 Å². The molecule has 0 spiro atoms. The second-order valence-electron chi connectivity index (χ2n) is 6.37. The smallest absolute Gasteiger partial charge is 0.272 e. The second kappa shape index (κ2) is 8.12. The fraction of sp³-hybridized carbons (Fsp3) is 0.421. The van der Waals surface area contributed by atoms with Crippen molar-refractivity contribution in [1.29, 1.82) is 0 Å². The van der Waals surface area contributed by atoms with Crippen molar-refractivity contribution in [2.45, 2.75) is 20.3 Å². The normalized spacial score (nSPS) is 14.4. The predicted octanol–water partition coefficient (Wildman–Crippen LogP) is 2.71. The highest BCUT2D eigenvalue weighted by Gasteiger charge is 2.24. The van der Waals surface area contributed by atoms with Gasteiger partial charge in [-0.15, -0.1) is 0 Å². The van der Waals surface area contributed by atoms with Gasteiger partial charge in [0.05, 0.1) is 0 Å². The summed E-state index contributed by atoms with van der Waals surface area (Å²) in [4.78, 5) is 25.4. The maximum atomic E-state index is 13.1. The van der Waals surface area contributed by atoms with Crippen LogP contribution in [0.4, 0.5) is 15.9 Å². The lowest BCUT2D eigenvalue weighted by Crippen LogP contribution is -2.49. The average molecular weight is 357 g/mol. The number of piperazine rings is 1. The van der Waals surface area contributed by atoms with Crippen LogP contribution in [0.25, 0.3) is 0 Å². The maximum absolute atomic E-state index is 13.1. The van der Waals surface area contributed by atoms with Gasteiger partial charge in [-0.05, 0) is 37.6 Å². The Balaban J connectivity index is 1.64. The Morgan fingerprint density at radius 2 is 1.85 bits per heavy atom. The number of nitrogens with one attached hydrogen (secondary N) is 1. The number of anilines is 2. The van der Waals surface area contributed by atoms with Crippen molar-refractivity contribution in [3.63, 3.8) is 0 Å². The Labute approximate surface area is 153 Å². The van der Waals surface area contributed by atoms with E-state index in [1.165, 1.54) is 12.1 Å². The van der Waals surface area contributed by atoms with Gasteiger partial charge in [-0.25, -0.2) is 14.4 Å². The number of carbonyl (C=O) groups excluding carboxylic acids is 1. The quantitative estimate of drug-likeness (QED) is 0.892. The first-order valence-electron chi connectivity index (χ1n) is 8.96. The van der Waals surface area contributed by atoms with Gasteiger partial charge < -0.3 is 15.1 Å². The first-order chi connectivity index (χ1) is 12.6. The first-order valence-corrected chi connectivity index (χ1v) is 8.96. The number of hydrogen-bond donors (Lipinski definition) is 1. The summed E-state index contributed by atoms with van der Waals surface area (Å²) in [6.45, 7) is 7.31. The minimum atomic E-state index is -0.241. The van der Waals surface area contributed by atoms with Crippen molar-refractivity contribution in [1.82, 2.24) is 14.9 Å². The van der Waals surface area contributed by atoms with Gasteiger partial charge in [0.1, 0.15) is 23.2 Å². The number of hydrogen-bond acceptors (Lipinski definition) is 5. The number of amides is 1. The highest BCUT2D eigenvalue weighted by Crippen LogP contribution is 2.18. The van der Waals surface area contributed by atoms with E-state index in [2.05, 4.69) is 27.1 Å². The summed E-state index contributed by atoms with van der Waals surface area (Å²) in [7, 11) is 0. The van der Waals surface area contributed by atoms with Crippen LogP contribution in [-0.4, -0.2) is 53.5 Å². The molecular weight excluding hydrogens is 333 g/mol. The van der Waals surface area contributed by atoms with E-state index in [0.717, 1.165) is 18.7 Å². The fourth-order valence-electron chi connectivity index (χ4n) is 3.00. The Bertz CT molecular complexity index is 757. The van der Waals surface area contributed by atoms with E-state index in [1.54, 1.807) is 25.1 Å². The summed E-state index contributed by atoms with van der Waals surface area (Å²) in [5, 5.41) is 3.21. The minimum Gasteiger partial charge on any atom is -0.370 e. The Kier molecular flexibility index (Phi) is 5.65. The number of halogens is 1. The summed E-state index contributed by atoms with van der Waals surface area (Å²) in [5.74, 6) is 0.954. The van der Waals surface area contributed by atoms with Gasteiger partial charge in [-0.2, -0.15) is 0 Å². The standard InChI is InChI=1S/C19H24FN5O/c1-3-8-21-18-13-17(22-14(2)23-18)19(26)25-11-9-24(10-12-25)16-6-4-15(20)5-7-16/h4-7,13H,3,8-12H2,1-2H3,(H,21,22,23). The molecule has 138 valence electrons. The van der Waals surface area contributed by atoms with Crippen molar-refractivity contribution in [2.75, 3.05) is 42.9 Å². The van der Waals surface area contributed by atoms with Crippen LogP contribution in [0, 0.1) is 12.7 Å². The molecule has 1 saturated heterocycles. The van der Waals surface area contributed by atoms with E-state index in [1.807, 2.05) is 4.90 Å². The van der Waals surface area contributed by atoms with E-state index < -0.39 is 0 Å². The van der Waals surface area contributed by atoms with Crippen LogP contribution in [0.1, 0.15) is 29.7 Å². The molecule has 1 amide bonds. The lowest BCUT2D eigenvalue weighted by Gasteiger charge is -2.36. The molecule has 1 aromatic heterocycles. The molecule has 1 aliphatic rings. The van der Waals surface area contributed by atoms with Gasteiger partial charge >= 0.3 is 0 Å². The first kappa shape index (κ1) is 18.1. The summed E-state index contributed by atoms with van der Waals surface area (Å²) >= 11 is 0. The summed E-state index contributed by atoms with van der Waals surface area (Å²) in [5.41, 5.74) is 1.40. The molecule has 2 heterocycles. The van der Waals surface area contributed by atoms with Crippen molar-refractivity contribution >= 4 is 17.4 Å². The van der Waals surface area contributed by atoms with Crippen LogP contribution in [-0.2, 0) is 0 Å². The molecule has 1 fully saturated rings. The van der Waals surface area contributed by atoms with E-state index >= 15 is 0 Å². The Morgan fingerprint density at radius 1 is 1.15 bits per heavy atom. The zero-order valence-electron chi connectivity index (χ0n) is 15.2. The van der Waals surface area contributed by atoms with Crippen molar-refractivity contribution in [3.8, 4) is 0 Å². The molecule has 1 aromatic carbocycles. The zero-order chi connectivity index (χ0) is 18.5. The molecule has 3 rings (SSSR count). The van der Waals surface area contributed by atoms with Crippen molar-refractivity contribution in [2.24, 2.45) is 0 Å². The van der Waals surface area contributed by atoms with Gasteiger partial charge in [0.15, 0.2) is 0 Å². The molecule has 1 N–H and O–H groups in total. The Morgan fingerprint density at radius 3 is 2.50 bits per heavy atom. The van der Waals surface area contributed by atoms with Crippen LogP contribution in [0.5, 0.6) is 0 Å².